The summed E-state index contributed by atoms with van der Waals surface area (Å²) in [7, 11) is 0. The van der Waals surface area contributed by atoms with Crippen LogP contribution in [0.4, 0.5) is 5.82 Å². The van der Waals surface area contributed by atoms with Gasteiger partial charge in [-0.3, -0.25) is 0 Å². The quantitative estimate of drug-likeness (QED) is 0.771. The lowest BCUT2D eigenvalue weighted by molar-refractivity contribution is 0.475. The first-order chi connectivity index (χ1) is 10.2. The number of hydrogen-bond donors (Lipinski definition) is 2. The molecule has 0 unspecified atom stereocenters. The van der Waals surface area contributed by atoms with Gasteiger partial charge in [0, 0.05) is 23.9 Å². The molecule has 21 heavy (non-hydrogen) atoms. The van der Waals surface area contributed by atoms with Gasteiger partial charge in [0.25, 0.3) is 0 Å². The maximum absolute atomic E-state index is 9.37. The lowest BCUT2D eigenvalue weighted by Crippen LogP contribution is -2.11. The second-order valence-electron chi connectivity index (χ2n) is 5.05. The molecule has 2 heterocycles. The summed E-state index contributed by atoms with van der Waals surface area (Å²) in [6, 6.07) is 11.2. The topological polar surface area (TPSA) is 62.5 Å². The molecule has 2 N–H and O–H groups in total. The number of phenolic OH excluding ortho intramolecular Hbond substituents is 1. The fourth-order valence-corrected chi connectivity index (χ4v) is 2.32. The smallest absolute Gasteiger partial charge is 0.157 e. The van der Waals surface area contributed by atoms with Crippen LogP contribution in [0, 0.1) is 0 Å². The van der Waals surface area contributed by atoms with Crippen molar-refractivity contribution in [1.82, 2.24) is 14.6 Å². The normalized spacial score (nSPS) is 12.5. The van der Waals surface area contributed by atoms with Crippen molar-refractivity contribution in [2.24, 2.45) is 0 Å². The van der Waals surface area contributed by atoms with Gasteiger partial charge in [-0.05, 0) is 31.0 Å². The zero-order chi connectivity index (χ0) is 14.8. The van der Waals surface area contributed by atoms with Gasteiger partial charge in [0.15, 0.2) is 5.65 Å². The van der Waals surface area contributed by atoms with Crippen LogP contribution in [-0.2, 0) is 6.42 Å². The lowest BCUT2D eigenvalue weighted by atomic mass is 10.1. The Balaban J connectivity index is 1.93. The second-order valence-corrected chi connectivity index (χ2v) is 5.05. The summed E-state index contributed by atoms with van der Waals surface area (Å²) in [5.74, 6) is 1.19. The first-order valence-corrected chi connectivity index (χ1v) is 7.06. The molecule has 3 rings (SSSR count). The molecule has 1 atom stereocenters. The van der Waals surface area contributed by atoms with Gasteiger partial charge < -0.3 is 10.4 Å². The van der Waals surface area contributed by atoms with Crippen molar-refractivity contribution in [2.75, 3.05) is 5.32 Å². The Labute approximate surface area is 123 Å². The molecule has 108 valence electrons. The first-order valence-electron chi connectivity index (χ1n) is 7.06. The van der Waals surface area contributed by atoms with Crippen LogP contribution in [0.3, 0.4) is 0 Å². The highest BCUT2D eigenvalue weighted by Crippen LogP contribution is 2.22. The number of benzene rings is 1. The number of aryl methyl sites for hydroxylation is 1. The van der Waals surface area contributed by atoms with Crippen LogP contribution in [0.2, 0.25) is 0 Å². The summed E-state index contributed by atoms with van der Waals surface area (Å²) in [6.07, 6.45) is 2.63. The van der Waals surface area contributed by atoms with Crippen LogP contribution in [0.25, 0.3) is 5.65 Å². The number of phenols is 1. The van der Waals surface area contributed by atoms with E-state index in [2.05, 4.69) is 29.2 Å². The van der Waals surface area contributed by atoms with Crippen LogP contribution in [0.15, 0.2) is 42.6 Å². The minimum absolute atomic E-state index is 0.102. The summed E-state index contributed by atoms with van der Waals surface area (Å²) in [5.41, 5.74) is 2.97. The Morgan fingerprint density at radius 3 is 2.71 bits per heavy atom. The van der Waals surface area contributed by atoms with Crippen molar-refractivity contribution in [2.45, 2.75) is 26.3 Å². The first kappa shape index (κ1) is 13.4. The highest BCUT2D eigenvalue weighted by Gasteiger charge is 2.10. The van der Waals surface area contributed by atoms with Crippen LogP contribution in [-0.4, -0.2) is 19.7 Å². The molecule has 0 bridgehead atoms. The molecule has 5 heteroatoms. The van der Waals surface area contributed by atoms with Crippen molar-refractivity contribution in [1.29, 1.82) is 0 Å². The van der Waals surface area contributed by atoms with E-state index in [9.17, 15) is 5.11 Å². The number of hydrogen-bond acceptors (Lipinski definition) is 4. The highest BCUT2D eigenvalue weighted by atomic mass is 16.3. The summed E-state index contributed by atoms with van der Waals surface area (Å²) < 4.78 is 1.80. The van der Waals surface area contributed by atoms with Crippen molar-refractivity contribution >= 4 is 11.5 Å². The van der Waals surface area contributed by atoms with Crippen molar-refractivity contribution in [3.63, 3.8) is 0 Å². The summed E-state index contributed by atoms with van der Waals surface area (Å²) in [6.45, 7) is 4.16. The SMILES string of the molecule is CCc1cc(N[C@H](C)c2ccc(O)cc2)n2nccc2n1. The Morgan fingerprint density at radius 1 is 1.24 bits per heavy atom. The van der Waals surface area contributed by atoms with E-state index in [-0.39, 0.29) is 11.8 Å². The van der Waals surface area contributed by atoms with Gasteiger partial charge in [-0.15, -0.1) is 0 Å². The van der Waals surface area contributed by atoms with Gasteiger partial charge in [0.1, 0.15) is 11.6 Å². The molecular weight excluding hydrogens is 264 g/mol. The molecule has 0 saturated heterocycles. The number of aromatic hydroxyl groups is 1. The number of anilines is 1. The van der Waals surface area contributed by atoms with Gasteiger partial charge in [0.2, 0.25) is 0 Å². The van der Waals surface area contributed by atoms with E-state index in [1.165, 1.54) is 0 Å². The van der Waals surface area contributed by atoms with E-state index in [4.69, 9.17) is 0 Å². The molecule has 0 fully saturated rings. The third-order valence-corrected chi connectivity index (χ3v) is 3.53. The van der Waals surface area contributed by atoms with E-state index < -0.39 is 0 Å². The van der Waals surface area contributed by atoms with Gasteiger partial charge in [-0.2, -0.15) is 9.61 Å². The number of rotatable bonds is 4. The highest BCUT2D eigenvalue weighted by molar-refractivity contribution is 5.50. The van der Waals surface area contributed by atoms with E-state index in [0.29, 0.717) is 0 Å². The molecular formula is C16H18N4O. The van der Waals surface area contributed by atoms with E-state index in [1.54, 1.807) is 22.8 Å². The third-order valence-electron chi connectivity index (χ3n) is 3.53. The zero-order valence-electron chi connectivity index (χ0n) is 12.1. The summed E-state index contributed by atoms with van der Waals surface area (Å²) in [4.78, 5) is 4.53. The molecule has 3 aromatic rings. The summed E-state index contributed by atoms with van der Waals surface area (Å²) >= 11 is 0. The third kappa shape index (κ3) is 2.67. The largest absolute Gasteiger partial charge is 0.508 e. The predicted octanol–water partition coefficient (Wildman–Crippen LogP) is 3.17. The number of nitrogens with one attached hydrogen (secondary N) is 1. The maximum atomic E-state index is 9.37. The standard InChI is InChI=1S/C16H18N4O/c1-3-13-10-16(20-15(19-13)8-9-17-20)18-11(2)12-4-6-14(21)7-5-12/h4-11,18,21H,3H2,1-2H3/t11-/m1/s1. The van der Waals surface area contributed by atoms with Gasteiger partial charge >= 0.3 is 0 Å². The predicted molar refractivity (Wildman–Crippen MR) is 82.5 cm³/mol. The average Bonchev–Trinajstić information content (AvgIpc) is 2.96. The summed E-state index contributed by atoms with van der Waals surface area (Å²) in [5, 5.41) is 17.1. The molecule has 0 radical (unpaired) electrons. The van der Waals surface area contributed by atoms with Crippen molar-refractivity contribution in [3.05, 3.63) is 53.9 Å². The van der Waals surface area contributed by atoms with Gasteiger partial charge in [-0.25, -0.2) is 4.98 Å². The number of fused-ring (bicyclic) bond motifs is 1. The lowest BCUT2D eigenvalue weighted by Gasteiger charge is -2.17. The Hall–Kier alpha value is -2.56. The zero-order valence-corrected chi connectivity index (χ0v) is 12.1. The molecule has 1 aromatic carbocycles. The molecule has 0 aliphatic carbocycles. The maximum Gasteiger partial charge on any atom is 0.157 e. The molecule has 0 saturated carbocycles. The molecule has 5 nitrogen and oxygen atoms in total. The van der Waals surface area contributed by atoms with Gasteiger partial charge in [0.05, 0.1) is 6.20 Å². The van der Waals surface area contributed by atoms with Gasteiger partial charge in [-0.1, -0.05) is 19.1 Å². The van der Waals surface area contributed by atoms with Crippen LogP contribution in [0.5, 0.6) is 5.75 Å². The molecule has 0 aliphatic heterocycles. The van der Waals surface area contributed by atoms with Crippen molar-refractivity contribution in [3.8, 4) is 5.75 Å². The van der Waals surface area contributed by atoms with E-state index >= 15 is 0 Å². The van der Waals surface area contributed by atoms with Crippen LogP contribution >= 0.6 is 0 Å². The fourth-order valence-electron chi connectivity index (χ4n) is 2.32. The average molecular weight is 282 g/mol. The number of aromatic nitrogens is 3. The Kier molecular flexibility index (Phi) is 3.48. The molecule has 0 spiro atoms. The molecule has 0 amide bonds. The van der Waals surface area contributed by atoms with E-state index in [0.717, 1.165) is 29.1 Å². The molecule has 0 aliphatic rings. The van der Waals surface area contributed by atoms with Crippen LogP contribution < -0.4 is 5.32 Å². The van der Waals surface area contributed by atoms with E-state index in [1.807, 2.05) is 24.3 Å². The number of nitrogens with zero attached hydrogens (tertiary/aromatic N) is 3. The minimum Gasteiger partial charge on any atom is -0.508 e. The Morgan fingerprint density at radius 2 is 2.00 bits per heavy atom. The second kappa shape index (κ2) is 5.44. The Bertz CT molecular complexity index is 749. The van der Waals surface area contributed by atoms with Crippen molar-refractivity contribution < 1.29 is 5.11 Å². The minimum atomic E-state index is 0.102. The molecule has 2 aromatic heterocycles. The van der Waals surface area contributed by atoms with Crippen LogP contribution in [0.1, 0.15) is 31.1 Å². The fraction of sp³-hybridized carbons (Fsp3) is 0.250. The monoisotopic (exact) mass is 282 g/mol.